The second kappa shape index (κ2) is 11.3. The first kappa shape index (κ1) is 24.6. The molecule has 186 valence electrons. The second-order valence-corrected chi connectivity index (χ2v) is 8.41. The molecule has 4 N–H and O–H groups in total. The molecule has 35 heavy (non-hydrogen) atoms. The Morgan fingerprint density at radius 3 is 2.80 bits per heavy atom. The summed E-state index contributed by atoms with van der Waals surface area (Å²) >= 11 is 0. The van der Waals surface area contributed by atoms with Crippen LogP contribution in [0.25, 0.3) is 11.0 Å². The number of aliphatic hydroxyl groups is 2. The number of anilines is 2. The van der Waals surface area contributed by atoms with Crippen molar-refractivity contribution >= 4 is 34.3 Å². The highest BCUT2D eigenvalue weighted by atomic mass is 16.5. The van der Waals surface area contributed by atoms with Crippen molar-refractivity contribution in [3.05, 3.63) is 53.9 Å². The Kier molecular flexibility index (Phi) is 7.96. The lowest BCUT2D eigenvalue weighted by Gasteiger charge is -2.13. The average Bonchev–Trinajstić information content (AvgIpc) is 3.53. The number of benzene rings is 1. The Balaban J connectivity index is 1.76. The van der Waals surface area contributed by atoms with Gasteiger partial charge < -0.3 is 34.9 Å². The van der Waals surface area contributed by atoms with Gasteiger partial charge in [0.15, 0.2) is 5.69 Å². The van der Waals surface area contributed by atoms with Gasteiger partial charge in [0.25, 0.3) is 5.91 Å². The maximum atomic E-state index is 13.0. The van der Waals surface area contributed by atoms with Crippen LogP contribution >= 0.6 is 0 Å². The number of amides is 1. The molecule has 1 aliphatic rings. The molecule has 1 saturated heterocycles. The highest BCUT2D eigenvalue weighted by molar-refractivity contribution is 6.12. The van der Waals surface area contributed by atoms with E-state index in [9.17, 15) is 14.7 Å². The van der Waals surface area contributed by atoms with Gasteiger partial charge in [0, 0.05) is 25.1 Å². The number of aliphatic hydroxyl groups excluding tert-OH is 2. The van der Waals surface area contributed by atoms with Crippen molar-refractivity contribution in [2.45, 2.75) is 38.0 Å². The summed E-state index contributed by atoms with van der Waals surface area (Å²) < 4.78 is 12.4. The molecule has 10 heteroatoms. The molecule has 2 aromatic heterocycles. The Labute approximate surface area is 202 Å². The molecular formula is C25H30N4O6. The van der Waals surface area contributed by atoms with Crippen molar-refractivity contribution in [1.82, 2.24) is 9.55 Å². The van der Waals surface area contributed by atoms with Gasteiger partial charge in [-0.15, -0.1) is 0 Å². The van der Waals surface area contributed by atoms with Crippen LogP contribution in [-0.4, -0.2) is 70.7 Å². The summed E-state index contributed by atoms with van der Waals surface area (Å²) in [7, 11) is 1.30. The van der Waals surface area contributed by atoms with Crippen LogP contribution in [0, 0.1) is 0 Å². The number of rotatable bonds is 10. The molecule has 0 aliphatic carbocycles. The summed E-state index contributed by atoms with van der Waals surface area (Å²) in [5.41, 5.74) is 2.67. The van der Waals surface area contributed by atoms with Crippen molar-refractivity contribution in [2.75, 3.05) is 37.5 Å². The molecule has 1 amide bonds. The van der Waals surface area contributed by atoms with Crippen molar-refractivity contribution in [2.24, 2.45) is 0 Å². The number of aryl methyl sites for hydroxylation is 2. The number of carbonyl (C=O) groups excluding carboxylic acids is 2. The monoisotopic (exact) mass is 482 g/mol. The number of hydrogen-bond acceptors (Lipinski definition) is 8. The van der Waals surface area contributed by atoms with Gasteiger partial charge in [0.2, 0.25) is 0 Å². The van der Waals surface area contributed by atoms with E-state index in [1.54, 1.807) is 16.8 Å². The van der Waals surface area contributed by atoms with Crippen molar-refractivity contribution in [3.63, 3.8) is 0 Å². The second-order valence-electron chi connectivity index (χ2n) is 8.41. The van der Waals surface area contributed by atoms with Crippen LogP contribution in [0.3, 0.4) is 0 Å². The molecule has 0 bridgehead atoms. The highest BCUT2D eigenvalue weighted by Crippen LogP contribution is 2.33. The van der Waals surface area contributed by atoms with E-state index >= 15 is 0 Å². The number of ether oxygens (including phenoxy) is 2. The van der Waals surface area contributed by atoms with Crippen LogP contribution in [-0.2, 0) is 27.2 Å². The van der Waals surface area contributed by atoms with Crippen LogP contribution in [0.4, 0.5) is 11.4 Å². The number of aromatic nitrogens is 2. The molecule has 4 rings (SSSR count). The lowest BCUT2D eigenvalue weighted by molar-refractivity contribution is -0.124. The molecule has 1 aliphatic heterocycles. The Hall–Kier alpha value is -3.47. The van der Waals surface area contributed by atoms with E-state index in [2.05, 4.69) is 15.6 Å². The molecule has 0 saturated carbocycles. The molecule has 0 radical (unpaired) electrons. The van der Waals surface area contributed by atoms with Gasteiger partial charge in [-0.05, 0) is 30.9 Å². The molecule has 3 aromatic rings. The van der Waals surface area contributed by atoms with Crippen LogP contribution in [0.5, 0.6) is 0 Å². The van der Waals surface area contributed by atoms with Gasteiger partial charge in [-0.3, -0.25) is 4.79 Å². The third-order valence-electron chi connectivity index (χ3n) is 5.97. The fourth-order valence-electron chi connectivity index (χ4n) is 4.15. The number of nitrogens with one attached hydrogen (secondary N) is 2. The van der Waals surface area contributed by atoms with Gasteiger partial charge in [-0.25, -0.2) is 9.78 Å². The Morgan fingerprint density at radius 1 is 1.31 bits per heavy atom. The predicted molar refractivity (Wildman–Crippen MR) is 130 cm³/mol. The maximum absolute atomic E-state index is 13.0. The highest BCUT2D eigenvalue weighted by Gasteiger charge is 2.30. The van der Waals surface area contributed by atoms with Crippen molar-refractivity contribution < 1.29 is 29.3 Å². The number of carbonyl (C=O) groups is 2. The van der Waals surface area contributed by atoms with Crippen molar-refractivity contribution in [1.29, 1.82) is 0 Å². The first-order chi connectivity index (χ1) is 17.0. The van der Waals surface area contributed by atoms with E-state index in [1.165, 1.54) is 7.11 Å². The lowest BCUT2D eigenvalue weighted by Crippen LogP contribution is -2.28. The normalized spacial score (nSPS) is 16.3. The van der Waals surface area contributed by atoms with Gasteiger partial charge in [-0.1, -0.05) is 30.3 Å². The van der Waals surface area contributed by atoms with Crippen LogP contribution in [0.1, 0.15) is 28.9 Å². The fourth-order valence-corrected chi connectivity index (χ4v) is 4.15. The SMILES string of the molecule is COC(=O)c1c(NC(=O)[C@@H]2CCCO2)c2cc(NC[C@H](O)CO)cnc2n1CCc1ccccc1. The number of esters is 1. The van der Waals surface area contributed by atoms with E-state index in [-0.39, 0.29) is 24.8 Å². The molecule has 0 spiro atoms. The standard InChI is InChI=1S/C25H30N4O6/c1-34-25(33)22-21(28-24(32)20-8-5-11-35-20)19-12-17(26-14-18(31)15-30)13-27-23(19)29(22)10-9-16-6-3-2-4-7-16/h2-4,6-7,12-13,18,20,26,30-31H,5,8-11,14-15H2,1H3,(H,28,32)/t18-,20-/m0/s1. The zero-order chi connectivity index (χ0) is 24.8. The number of pyridine rings is 1. The minimum absolute atomic E-state index is 0.111. The van der Waals surface area contributed by atoms with E-state index in [0.29, 0.717) is 48.4 Å². The molecule has 0 unspecified atom stereocenters. The summed E-state index contributed by atoms with van der Waals surface area (Å²) in [4.78, 5) is 30.5. The summed E-state index contributed by atoms with van der Waals surface area (Å²) in [6.45, 7) is 0.681. The summed E-state index contributed by atoms with van der Waals surface area (Å²) in [6, 6.07) is 11.6. The number of hydrogen-bond donors (Lipinski definition) is 4. The molecule has 3 heterocycles. The van der Waals surface area contributed by atoms with Crippen LogP contribution in [0.15, 0.2) is 42.6 Å². The minimum atomic E-state index is -0.939. The number of fused-ring (bicyclic) bond motifs is 1. The zero-order valence-electron chi connectivity index (χ0n) is 19.6. The molecule has 1 fully saturated rings. The van der Waals surface area contributed by atoms with Gasteiger partial charge in [-0.2, -0.15) is 0 Å². The quantitative estimate of drug-likeness (QED) is 0.322. The zero-order valence-corrected chi connectivity index (χ0v) is 19.6. The third-order valence-corrected chi connectivity index (χ3v) is 5.97. The average molecular weight is 483 g/mol. The Bertz CT molecular complexity index is 1170. The smallest absolute Gasteiger partial charge is 0.356 e. The van der Waals surface area contributed by atoms with E-state index in [4.69, 9.17) is 14.6 Å². The molecule has 2 atom stereocenters. The Morgan fingerprint density at radius 2 is 2.11 bits per heavy atom. The van der Waals surface area contributed by atoms with Crippen LogP contribution < -0.4 is 10.6 Å². The minimum Gasteiger partial charge on any atom is -0.464 e. The number of nitrogens with zero attached hydrogens (tertiary/aromatic N) is 2. The van der Waals surface area contributed by atoms with E-state index < -0.39 is 18.2 Å². The lowest BCUT2D eigenvalue weighted by atomic mass is 10.1. The maximum Gasteiger partial charge on any atom is 0.356 e. The topological polar surface area (TPSA) is 135 Å². The third kappa shape index (κ3) is 5.61. The van der Waals surface area contributed by atoms with Gasteiger partial charge in [0.1, 0.15) is 11.8 Å². The first-order valence-corrected chi connectivity index (χ1v) is 11.6. The largest absolute Gasteiger partial charge is 0.464 e. The van der Waals surface area contributed by atoms with E-state index in [0.717, 1.165) is 12.0 Å². The number of methoxy groups -OCH3 is 1. The summed E-state index contributed by atoms with van der Waals surface area (Å²) in [6.07, 6.45) is 2.10. The molecular weight excluding hydrogens is 452 g/mol. The summed E-state index contributed by atoms with van der Waals surface area (Å²) in [5, 5.41) is 25.2. The first-order valence-electron chi connectivity index (χ1n) is 11.6. The van der Waals surface area contributed by atoms with Gasteiger partial charge >= 0.3 is 5.97 Å². The molecule has 1 aromatic carbocycles. The predicted octanol–water partition coefficient (Wildman–Crippen LogP) is 1.95. The fraction of sp³-hybridized carbons (Fsp3) is 0.400. The van der Waals surface area contributed by atoms with Crippen LogP contribution in [0.2, 0.25) is 0 Å². The summed E-state index contributed by atoms with van der Waals surface area (Å²) in [5.74, 6) is -0.923. The van der Waals surface area contributed by atoms with E-state index in [1.807, 2.05) is 30.3 Å². The molecule has 10 nitrogen and oxygen atoms in total. The van der Waals surface area contributed by atoms with Gasteiger partial charge in [0.05, 0.1) is 37.4 Å². The van der Waals surface area contributed by atoms with Crippen molar-refractivity contribution in [3.8, 4) is 0 Å².